The molecule has 0 saturated carbocycles. The highest BCUT2D eigenvalue weighted by Gasteiger charge is 2.21. The summed E-state index contributed by atoms with van der Waals surface area (Å²) in [5, 5.41) is 4.28. The van der Waals surface area contributed by atoms with Gasteiger partial charge < -0.3 is 19.9 Å². The second-order valence-electron chi connectivity index (χ2n) is 8.79. The van der Waals surface area contributed by atoms with Crippen molar-refractivity contribution in [3.63, 3.8) is 0 Å². The molecule has 0 bridgehead atoms. The molecule has 1 aliphatic heterocycles. The van der Waals surface area contributed by atoms with Crippen LogP contribution in [0.4, 0.5) is 17.2 Å². The Morgan fingerprint density at radius 3 is 2.51 bits per heavy atom. The number of anilines is 3. The summed E-state index contributed by atoms with van der Waals surface area (Å²) in [7, 11) is 2.16. The summed E-state index contributed by atoms with van der Waals surface area (Å²) in [6.07, 6.45) is 2.22. The molecule has 0 unspecified atom stereocenters. The Morgan fingerprint density at radius 2 is 1.77 bits per heavy atom. The SMILES string of the molecule is Cc1c(C(=O)OCCc2ccccc2)sc2ncnc(Nc3ccc(N4CCN(C)CC4)cc3)c12. The van der Waals surface area contributed by atoms with Crippen LogP contribution in [0.25, 0.3) is 10.2 Å². The minimum absolute atomic E-state index is 0.316. The molecule has 0 atom stereocenters. The molecule has 1 saturated heterocycles. The Labute approximate surface area is 209 Å². The summed E-state index contributed by atoms with van der Waals surface area (Å²) in [5.74, 6) is 0.378. The van der Waals surface area contributed by atoms with Crippen LogP contribution in [0.1, 0.15) is 20.8 Å². The van der Waals surface area contributed by atoms with E-state index in [4.69, 9.17) is 4.74 Å². The lowest BCUT2D eigenvalue weighted by Crippen LogP contribution is -2.44. The predicted octanol–water partition coefficient (Wildman–Crippen LogP) is 4.89. The van der Waals surface area contributed by atoms with Crippen molar-refractivity contribution in [1.82, 2.24) is 14.9 Å². The van der Waals surface area contributed by atoms with Gasteiger partial charge in [-0.3, -0.25) is 0 Å². The van der Waals surface area contributed by atoms with Gasteiger partial charge in [-0.15, -0.1) is 11.3 Å². The van der Waals surface area contributed by atoms with E-state index in [1.807, 2.05) is 37.3 Å². The van der Waals surface area contributed by atoms with Gasteiger partial charge in [0.2, 0.25) is 0 Å². The number of piperazine rings is 1. The highest BCUT2D eigenvalue weighted by molar-refractivity contribution is 7.20. The number of ether oxygens (including phenoxy) is 1. The zero-order valence-electron chi connectivity index (χ0n) is 20.0. The Bertz CT molecular complexity index is 1300. The zero-order valence-corrected chi connectivity index (χ0v) is 20.8. The first-order chi connectivity index (χ1) is 17.1. The average Bonchev–Trinajstić information content (AvgIpc) is 3.23. The number of nitrogens with one attached hydrogen (secondary N) is 1. The van der Waals surface area contributed by atoms with Gasteiger partial charge in [-0.1, -0.05) is 30.3 Å². The maximum atomic E-state index is 12.8. The summed E-state index contributed by atoms with van der Waals surface area (Å²) >= 11 is 1.35. The van der Waals surface area contributed by atoms with Gasteiger partial charge >= 0.3 is 5.97 Å². The number of carbonyl (C=O) groups is 1. The number of aromatic nitrogens is 2. The quantitative estimate of drug-likeness (QED) is 0.372. The average molecular weight is 488 g/mol. The lowest BCUT2D eigenvalue weighted by Gasteiger charge is -2.34. The Morgan fingerprint density at radius 1 is 1.03 bits per heavy atom. The van der Waals surface area contributed by atoms with Gasteiger partial charge in [-0.25, -0.2) is 14.8 Å². The summed E-state index contributed by atoms with van der Waals surface area (Å²) < 4.78 is 5.57. The molecule has 1 fully saturated rings. The van der Waals surface area contributed by atoms with E-state index < -0.39 is 0 Å². The van der Waals surface area contributed by atoms with Gasteiger partial charge in [-0.2, -0.15) is 0 Å². The van der Waals surface area contributed by atoms with E-state index in [1.54, 1.807) is 0 Å². The number of esters is 1. The van der Waals surface area contributed by atoms with Crippen LogP contribution in [-0.4, -0.2) is 60.7 Å². The van der Waals surface area contributed by atoms with Crippen molar-refractivity contribution in [2.24, 2.45) is 0 Å². The van der Waals surface area contributed by atoms with E-state index in [0.29, 0.717) is 23.7 Å². The number of thiophene rings is 1. The normalized spacial score (nSPS) is 14.3. The number of benzene rings is 2. The minimum Gasteiger partial charge on any atom is -0.461 e. The second-order valence-corrected chi connectivity index (χ2v) is 9.79. The van der Waals surface area contributed by atoms with Crippen molar-refractivity contribution in [3.8, 4) is 0 Å². The molecule has 0 spiro atoms. The lowest BCUT2D eigenvalue weighted by atomic mass is 10.2. The van der Waals surface area contributed by atoms with Crippen molar-refractivity contribution in [3.05, 3.63) is 76.9 Å². The van der Waals surface area contributed by atoms with Gasteiger partial charge in [0.05, 0.1) is 12.0 Å². The van der Waals surface area contributed by atoms with Gasteiger partial charge in [0.1, 0.15) is 21.9 Å². The van der Waals surface area contributed by atoms with Crippen molar-refractivity contribution in [2.75, 3.05) is 50.1 Å². The minimum atomic E-state index is -0.316. The summed E-state index contributed by atoms with van der Waals surface area (Å²) in [4.78, 5) is 27.8. The monoisotopic (exact) mass is 487 g/mol. The molecule has 35 heavy (non-hydrogen) atoms. The molecule has 2 aromatic heterocycles. The highest BCUT2D eigenvalue weighted by Crippen LogP contribution is 2.35. The molecule has 4 aromatic rings. The van der Waals surface area contributed by atoms with Crippen LogP contribution in [-0.2, 0) is 11.2 Å². The van der Waals surface area contributed by atoms with Crippen molar-refractivity contribution in [1.29, 1.82) is 0 Å². The second kappa shape index (κ2) is 10.4. The molecule has 8 heteroatoms. The molecule has 5 rings (SSSR count). The van der Waals surface area contributed by atoms with E-state index in [-0.39, 0.29) is 5.97 Å². The van der Waals surface area contributed by atoms with Crippen LogP contribution in [0.2, 0.25) is 0 Å². The summed E-state index contributed by atoms with van der Waals surface area (Å²) in [5.41, 5.74) is 4.15. The third kappa shape index (κ3) is 5.28. The number of fused-ring (bicyclic) bond motifs is 1. The predicted molar refractivity (Wildman–Crippen MR) is 142 cm³/mol. The summed E-state index contributed by atoms with van der Waals surface area (Å²) in [6.45, 7) is 6.49. The van der Waals surface area contributed by atoms with Crippen LogP contribution < -0.4 is 10.2 Å². The number of nitrogens with zero attached hydrogens (tertiary/aromatic N) is 4. The maximum absolute atomic E-state index is 12.8. The van der Waals surface area contributed by atoms with E-state index in [2.05, 4.69) is 56.4 Å². The number of aryl methyl sites for hydroxylation is 1. The van der Waals surface area contributed by atoms with Gasteiger partial charge in [0.15, 0.2) is 0 Å². The third-order valence-corrected chi connectivity index (χ3v) is 7.56. The third-order valence-electron chi connectivity index (χ3n) is 6.38. The van der Waals surface area contributed by atoms with Crippen LogP contribution in [0.3, 0.4) is 0 Å². The fourth-order valence-electron chi connectivity index (χ4n) is 4.29. The van der Waals surface area contributed by atoms with E-state index in [9.17, 15) is 4.79 Å². The zero-order chi connectivity index (χ0) is 24.2. The van der Waals surface area contributed by atoms with E-state index in [0.717, 1.165) is 53.2 Å². The van der Waals surface area contributed by atoms with Crippen molar-refractivity contribution < 1.29 is 9.53 Å². The number of hydrogen-bond acceptors (Lipinski definition) is 8. The summed E-state index contributed by atoms with van der Waals surface area (Å²) in [6, 6.07) is 18.4. The molecule has 0 amide bonds. The molecule has 1 aliphatic rings. The topological polar surface area (TPSA) is 70.6 Å². The number of carbonyl (C=O) groups excluding carboxylic acids is 1. The van der Waals surface area contributed by atoms with Crippen LogP contribution in [0, 0.1) is 6.92 Å². The number of hydrogen-bond donors (Lipinski definition) is 1. The molecular formula is C27H29N5O2S. The largest absolute Gasteiger partial charge is 0.461 e. The molecule has 0 aliphatic carbocycles. The standard InChI is InChI=1S/C27H29N5O2S/c1-19-23-25(30-21-8-10-22(11-9-21)32-15-13-31(2)14-16-32)28-18-29-26(23)35-24(19)27(33)34-17-12-20-6-4-3-5-7-20/h3-11,18H,12-17H2,1-2H3,(H,28,29,30). The first kappa shape index (κ1) is 23.3. The van der Waals surface area contributed by atoms with Crippen LogP contribution >= 0.6 is 11.3 Å². The van der Waals surface area contributed by atoms with Crippen molar-refractivity contribution in [2.45, 2.75) is 13.3 Å². The van der Waals surface area contributed by atoms with Gasteiger partial charge in [0.25, 0.3) is 0 Å². The molecule has 0 radical (unpaired) electrons. The van der Waals surface area contributed by atoms with Gasteiger partial charge in [-0.05, 0) is 49.4 Å². The maximum Gasteiger partial charge on any atom is 0.348 e. The number of rotatable bonds is 7. The van der Waals surface area contributed by atoms with Crippen molar-refractivity contribution >= 4 is 44.7 Å². The molecule has 2 aromatic carbocycles. The van der Waals surface area contributed by atoms with Gasteiger partial charge in [0, 0.05) is 44.0 Å². The highest BCUT2D eigenvalue weighted by atomic mass is 32.1. The molecule has 180 valence electrons. The molecular weight excluding hydrogens is 458 g/mol. The lowest BCUT2D eigenvalue weighted by molar-refractivity contribution is 0.0514. The smallest absolute Gasteiger partial charge is 0.348 e. The van der Waals surface area contributed by atoms with E-state index in [1.165, 1.54) is 23.4 Å². The first-order valence-electron chi connectivity index (χ1n) is 11.8. The van der Waals surface area contributed by atoms with Crippen LogP contribution in [0.15, 0.2) is 60.9 Å². The molecule has 3 heterocycles. The fourth-order valence-corrected chi connectivity index (χ4v) is 5.33. The Kier molecular flexibility index (Phi) is 6.92. The fraction of sp³-hybridized carbons (Fsp3) is 0.296. The Hall–Kier alpha value is -3.49. The van der Waals surface area contributed by atoms with Crippen LogP contribution in [0.5, 0.6) is 0 Å². The Balaban J connectivity index is 1.29. The number of likely N-dealkylation sites (N-methyl/N-ethyl adjacent to an activating group) is 1. The molecule has 7 nitrogen and oxygen atoms in total. The van der Waals surface area contributed by atoms with E-state index >= 15 is 0 Å². The molecule has 1 N–H and O–H groups in total. The first-order valence-corrected chi connectivity index (χ1v) is 12.7.